The van der Waals surface area contributed by atoms with Gasteiger partial charge in [0.25, 0.3) is 0 Å². The Labute approximate surface area is 92.2 Å². The first-order valence-corrected chi connectivity index (χ1v) is 5.31. The Morgan fingerprint density at radius 1 is 1.67 bits per heavy atom. The second kappa shape index (κ2) is 5.41. The lowest BCUT2D eigenvalue weighted by Crippen LogP contribution is -1.92. The van der Waals surface area contributed by atoms with E-state index < -0.39 is 5.97 Å². The van der Waals surface area contributed by atoms with Crippen molar-refractivity contribution in [1.82, 2.24) is 4.98 Å². The van der Waals surface area contributed by atoms with Crippen LogP contribution in [0.25, 0.3) is 0 Å². The Kier molecular flexibility index (Phi) is 4.17. The number of nitrogen functional groups attached to an aromatic ring is 1. The molecule has 1 heterocycles. The van der Waals surface area contributed by atoms with Crippen LogP contribution in [0, 0.1) is 0 Å². The molecule has 0 aliphatic rings. The van der Waals surface area contributed by atoms with Gasteiger partial charge in [-0.05, 0) is 19.1 Å². The maximum atomic E-state index is 10.3. The van der Waals surface area contributed by atoms with E-state index in [2.05, 4.69) is 4.98 Å². The van der Waals surface area contributed by atoms with Gasteiger partial charge in [0.1, 0.15) is 0 Å². The molecule has 0 bridgehead atoms. The van der Waals surface area contributed by atoms with Gasteiger partial charge in [-0.2, -0.15) is 0 Å². The number of nitrogens with two attached hydrogens (primary N) is 1. The normalized spacial score (nSPS) is 11.4. The molecule has 3 N–H and O–H groups in total. The molecule has 0 fully saturated rings. The first-order chi connectivity index (χ1) is 7.08. The number of carboxylic acids is 1. The van der Waals surface area contributed by atoms with Gasteiger partial charge in [0.15, 0.2) is 0 Å². The van der Waals surface area contributed by atoms with E-state index in [1.807, 2.05) is 6.07 Å². The molecule has 0 saturated carbocycles. The van der Waals surface area contributed by atoms with Crippen molar-refractivity contribution < 1.29 is 9.90 Å². The van der Waals surface area contributed by atoms with Gasteiger partial charge in [0, 0.05) is 11.8 Å². The molecule has 0 aliphatic heterocycles. The maximum absolute atomic E-state index is 10.3. The Bertz CT molecular complexity index is 374. The van der Waals surface area contributed by atoms with Gasteiger partial charge in [-0.3, -0.25) is 0 Å². The van der Waals surface area contributed by atoms with Crippen LogP contribution in [0.1, 0.15) is 6.92 Å². The molecule has 1 rings (SSSR count). The molecule has 1 aromatic heterocycles. The molecule has 0 aromatic carbocycles. The third-order valence-electron chi connectivity index (χ3n) is 1.58. The largest absolute Gasteiger partial charge is 0.478 e. The summed E-state index contributed by atoms with van der Waals surface area (Å²) in [5.41, 5.74) is 6.91. The van der Waals surface area contributed by atoms with Gasteiger partial charge in [-0.1, -0.05) is 5.57 Å². The Hall–Kier alpha value is -1.49. The number of nitrogens with zero attached hydrogens (tertiary/aromatic N) is 1. The summed E-state index contributed by atoms with van der Waals surface area (Å²) in [7, 11) is 0. The van der Waals surface area contributed by atoms with Crippen LogP contribution in [0.4, 0.5) is 5.69 Å². The highest BCUT2D eigenvalue weighted by Crippen LogP contribution is 2.18. The highest BCUT2D eigenvalue weighted by molar-refractivity contribution is 7.99. The monoisotopic (exact) mass is 224 g/mol. The zero-order valence-electron chi connectivity index (χ0n) is 8.30. The molecule has 0 radical (unpaired) electrons. The molecule has 0 saturated heterocycles. The summed E-state index contributed by atoms with van der Waals surface area (Å²) >= 11 is 1.48. The summed E-state index contributed by atoms with van der Waals surface area (Å²) < 4.78 is 0. The third-order valence-corrected chi connectivity index (χ3v) is 2.71. The lowest BCUT2D eigenvalue weighted by atomic mass is 10.3. The number of aromatic nitrogens is 1. The summed E-state index contributed by atoms with van der Waals surface area (Å²) in [5.74, 6) is -0.304. The van der Waals surface area contributed by atoms with Crippen LogP contribution < -0.4 is 5.73 Å². The van der Waals surface area contributed by atoms with Gasteiger partial charge in [-0.25, -0.2) is 9.78 Å². The van der Waals surface area contributed by atoms with E-state index in [1.54, 1.807) is 19.2 Å². The van der Waals surface area contributed by atoms with Gasteiger partial charge in [0.2, 0.25) is 0 Å². The predicted molar refractivity (Wildman–Crippen MR) is 60.8 cm³/mol. The SMILES string of the molecule is CC(=CC(=O)O)CSc1ccc(N)cn1. The van der Waals surface area contributed by atoms with Gasteiger partial charge in [-0.15, -0.1) is 11.8 Å². The number of carbonyl (C=O) groups is 1. The van der Waals surface area contributed by atoms with Crippen molar-refractivity contribution in [2.24, 2.45) is 0 Å². The Morgan fingerprint density at radius 3 is 2.93 bits per heavy atom. The third kappa shape index (κ3) is 4.51. The Balaban J connectivity index is 2.50. The van der Waals surface area contributed by atoms with Crippen molar-refractivity contribution in [3.8, 4) is 0 Å². The van der Waals surface area contributed by atoms with E-state index in [4.69, 9.17) is 10.8 Å². The van der Waals surface area contributed by atoms with E-state index in [1.165, 1.54) is 17.8 Å². The fourth-order valence-corrected chi connectivity index (χ4v) is 1.67. The van der Waals surface area contributed by atoms with Crippen LogP contribution >= 0.6 is 11.8 Å². The number of rotatable bonds is 4. The van der Waals surface area contributed by atoms with Crippen LogP contribution in [0.2, 0.25) is 0 Å². The average Bonchev–Trinajstić information content (AvgIpc) is 2.16. The molecule has 80 valence electrons. The van der Waals surface area contributed by atoms with Gasteiger partial charge in [0.05, 0.1) is 16.9 Å². The number of aliphatic carboxylic acids is 1. The number of carboxylic acid groups (broad SMARTS) is 1. The van der Waals surface area contributed by atoms with E-state index in [0.29, 0.717) is 11.4 Å². The molecular formula is C10H12N2O2S. The molecule has 15 heavy (non-hydrogen) atoms. The van der Waals surface area contributed by atoms with E-state index in [-0.39, 0.29) is 0 Å². The van der Waals surface area contributed by atoms with Crippen LogP contribution in [-0.2, 0) is 4.79 Å². The van der Waals surface area contributed by atoms with E-state index >= 15 is 0 Å². The van der Waals surface area contributed by atoms with Gasteiger partial charge < -0.3 is 10.8 Å². The first kappa shape index (κ1) is 11.6. The molecule has 5 heteroatoms. The van der Waals surface area contributed by atoms with Crippen LogP contribution in [0.3, 0.4) is 0 Å². The average molecular weight is 224 g/mol. The summed E-state index contributed by atoms with van der Waals surface area (Å²) in [6, 6.07) is 3.58. The zero-order chi connectivity index (χ0) is 11.3. The quantitative estimate of drug-likeness (QED) is 0.602. The molecule has 1 aromatic rings. The van der Waals surface area contributed by atoms with Crippen molar-refractivity contribution in [3.63, 3.8) is 0 Å². The van der Waals surface area contributed by atoms with Crippen molar-refractivity contribution in [2.75, 3.05) is 11.5 Å². The minimum atomic E-state index is -0.918. The lowest BCUT2D eigenvalue weighted by Gasteiger charge is -2.00. The van der Waals surface area contributed by atoms with Crippen LogP contribution in [-0.4, -0.2) is 21.8 Å². The minimum Gasteiger partial charge on any atom is -0.478 e. The molecule has 0 atom stereocenters. The minimum absolute atomic E-state index is 0.614. The highest BCUT2D eigenvalue weighted by Gasteiger charge is 1.98. The number of pyridine rings is 1. The zero-order valence-corrected chi connectivity index (χ0v) is 9.12. The highest BCUT2D eigenvalue weighted by atomic mass is 32.2. The lowest BCUT2D eigenvalue weighted by molar-refractivity contribution is -0.131. The fourth-order valence-electron chi connectivity index (χ4n) is 0.917. The fraction of sp³-hybridized carbons (Fsp3) is 0.200. The van der Waals surface area contributed by atoms with Crippen molar-refractivity contribution in [1.29, 1.82) is 0 Å². The van der Waals surface area contributed by atoms with Crippen molar-refractivity contribution in [3.05, 3.63) is 30.0 Å². The first-order valence-electron chi connectivity index (χ1n) is 4.32. The molecule has 0 unspecified atom stereocenters. The molecule has 0 aliphatic carbocycles. The van der Waals surface area contributed by atoms with E-state index in [9.17, 15) is 4.79 Å². The van der Waals surface area contributed by atoms with Crippen molar-refractivity contribution >= 4 is 23.4 Å². The molecule has 0 amide bonds. The standard InChI is InChI=1S/C10H12N2O2S/c1-7(4-10(13)14)6-15-9-3-2-8(11)5-12-9/h2-5H,6,11H2,1H3,(H,13,14). The summed E-state index contributed by atoms with van der Waals surface area (Å²) in [6.07, 6.45) is 2.78. The summed E-state index contributed by atoms with van der Waals surface area (Å²) in [4.78, 5) is 14.4. The van der Waals surface area contributed by atoms with Crippen molar-refractivity contribution in [2.45, 2.75) is 11.9 Å². The summed E-state index contributed by atoms with van der Waals surface area (Å²) in [5, 5.41) is 9.34. The number of thioether (sulfide) groups is 1. The topological polar surface area (TPSA) is 76.2 Å². The Morgan fingerprint density at radius 2 is 2.40 bits per heavy atom. The van der Waals surface area contributed by atoms with Gasteiger partial charge >= 0.3 is 5.97 Å². The molecule has 0 spiro atoms. The number of hydrogen-bond acceptors (Lipinski definition) is 4. The van der Waals surface area contributed by atoms with Crippen LogP contribution in [0.5, 0.6) is 0 Å². The predicted octanol–water partition coefficient (Wildman–Crippen LogP) is 1.79. The second-order valence-electron chi connectivity index (χ2n) is 3.05. The second-order valence-corrected chi connectivity index (χ2v) is 4.04. The smallest absolute Gasteiger partial charge is 0.328 e. The maximum Gasteiger partial charge on any atom is 0.328 e. The number of hydrogen-bond donors (Lipinski definition) is 2. The summed E-state index contributed by atoms with van der Waals surface area (Å²) in [6.45, 7) is 1.78. The molecule has 4 nitrogen and oxygen atoms in total. The van der Waals surface area contributed by atoms with Crippen LogP contribution in [0.15, 0.2) is 35.0 Å². The molecular weight excluding hydrogens is 212 g/mol. The van der Waals surface area contributed by atoms with E-state index in [0.717, 1.165) is 10.6 Å². The number of anilines is 1.